The molecule has 0 saturated carbocycles. The molecule has 1 atom stereocenters. The minimum atomic E-state index is 0.351. The van der Waals surface area contributed by atoms with Crippen LogP contribution in [0.15, 0.2) is 148 Å². The third kappa shape index (κ3) is 8.75. The monoisotopic (exact) mass is 700 g/mol. The van der Waals surface area contributed by atoms with Gasteiger partial charge in [-0.05, 0) is 50.0 Å². The van der Waals surface area contributed by atoms with Crippen molar-refractivity contribution in [3.63, 3.8) is 0 Å². The number of rotatable bonds is 8. The normalized spacial score (nSPS) is 15.0. The Bertz CT molecular complexity index is 2240. The zero-order valence-corrected chi connectivity index (χ0v) is 30.7. The lowest BCUT2D eigenvalue weighted by Gasteiger charge is -2.15. The van der Waals surface area contributed by atoms with Crippen LogP contribution in [0, 0.1) is 0 Å². The summed E-state index contributed by atoms with van der Waals surface area (Å²) in [7, 11) is 1.71. The summed E-state index contributed by atoms with van der Waals surface area (Å²) in [6, 6.07) is 46.6. The largest absolute Gasteiger partial charge is 0.496 e. The van der Waals surface area contributed by atoms with E-state index in [0.29, 0.717) is 5.92 Å². The van der Waals surface area contributed by atoms with Crippen molar-refractivity contribution in [1.29, 1.82) is 0 Å². The first-order valence-electron chi connectivity index (χ1n) is 18.7. The fraction of sp³-hybridized carbons (Fsp3) is 0.239. The van der Waals surface area contributed by atoms with Crippen LogP contribution in [0.3, 0.4) is 0 Å². The van der Waals surface area contributed by atoms with Gasteiger partial charge in [0.25, 0.3) is 0 Å². The Morgan fingerprint density at radius 2 is 1.15 bits per heavy atom. The van der Waals surface area contributed by atoms with Crippen LogP contribution in [0.25, 0.3) is 32.7 Å². The summed E-state index contributed by atoms with van der Waals surface area (Å²) < 4.78 is 5.41. The van der Waals surface area contributed by atoms with Crippen molar-refractivity contribution in [2.45, 2.75) is 25.7 Å². The second kappa shape index (κ2) is 17.5. The molecule has 9 rings (SSSR count). The third-order valence-corrected chi connectivity index (χ3v) is 9.90. The van der Waals surface area contributed by atoms with Gasteiger partial charge in [0.1, 0.15) is 23.3 Å². The fourth-order valence-electron chi connectivity index (χ4n) is 7.21. The first kappa shape index (κ1) is 35.5. The Hall–Kier alpha value is -5.95. The highest BCUT2D eigenvalue weighted by Crippen LogP contribution is 2.29. The number of fused-ring (bicyclic) bond motifs is 2. The Morgan fingerprint density at radius 1 is 0.547 bits per heavy atom. The lowest BCUT2D eigenvalue weighted by atomic mass is 9.94. The molecule has 3 N–H and O–H groups in total. The van der Waals surface area contributed by atoms with Crippen LogP contribution < -0.4 is 20.7 Å². The fourth-order valence-corrected chi connectivity index (χ4v) is 7.21. The number of nitrogens with zero attached hydrogens (tertiary/aromatic N) is 3. The topological polar surface area (TPSA) is 82.4 Å². The average molecular weight is 701 g/mol. The number of hydrogen-bond acceptors (Lipinski definition) is 7. The summed E-state index contributed by atoms with van der Waals surface area (Å²) in [6.45, 7) is 7.84. The number of methoxy groups -OCH3 is 1. The molecule has 0 aromatic heterocycles. The van der Waals surface area contributed by atoms with Crippen molar-refractivity contribution in [3.8, 4) is 16.9 Å². The van der Waals surface area contributed by atoms with Gasteiger partial charge >= 0.3 is 0 Å². The van der Waals surface area contributed by atoms with Gasteiger partial charge in [-0.3, -0.25) is 15.0 Å². The molecule has 6 aromatic carbocycles. The van der Waals surface area contributed by atoms with Crippen LogP contribution in [0.2, 0.25) is 0 Å². The predicted molar refractivity (Wildman–Crippen MR) is 223 cm³/mol. The molecule has 53 heavy (non-hydrogen) atoms. The van der Waals surface area contributed by atoms with Crippen molar-refractivity contribution in [2.24, 2.45) is 15.0 Å². The maximum atomic E-state index is 5.41. The predicted octanol–water partition coefficient (Wildman–Crippen LogP) is 8.24. The molecule has 268 valence electrons. The molecular formula is C46H48N6O. The number of nitrogens with one attached hydrogen (secondary N) is 3. The van der Waals surface area contributed by atoms with Gasteiger partial charge in [-0.15, -0.1) is 0 Å². The molecule has 1 unspecified atom stereocenters. The van der Waals surface area contributed by atoms with Crippen LogP contribution in [0.5, 0.6) is 5.75 Å². The molecule has 0 spiro atoms. The highest BCUT2D eigenvalue weighted by atomic mass is 16.5. The summed E-state index contributed by atoms with van der Waals surface area (Å²) >= 11 is 0. The van der Waals surface area contributed by atoms with Crippen molar-refractivity contribution >= 4 is 39.1 Å². The van der Waals surface area contributed by atoms with E-state index < -0.39 is 0 Å². The quantitative estimate of drug-likeness (QED) is 0.150. The lowest BCUT2D eigenvalue weighted by molar-refractivity contribution is 0.420. The minimum absolute atomic E-state index is 0.351. The molecule has 7 heteroatoms. The number of aliphatic imine (C=N–C) groups is 3. The number of hydrogen-bond donors (Lipinski definition) is 3. The van der Waals surface area contributed by atoms with E-state index in [4.69, 9.17) is 4.74 Å². The van der Waals surface area contributed by atoms with Gasteiger partial charge in [-0.25, -0.2) is 0 Å². The van der Waals surface area contributed by atoms with Gasteiger partial charge in [0, 0.05) is 43.8 Å². The molecule has 7 nitrogen and oxygen atoms in total. The highest BCUT2D eigenvalue weighted by Gasteiger charge is 2.17. The van der Waals surface area contributed by atoms with Crippen molar-refractivity contribution in [3.05, 3.63) is 150 Å². The molecule has 0 radical (unpaired) electrons. The number of benzene rings is 6. The zero-order chi connectivity index (χ0) is 36.2. The summed E-state index contributed by atoms with van der Waals surface area (Å²) in [5, 5.41) is 15.1. The van der Waals surface area contributed by atoms with Crippen LogP contribution in [0.1, 0.15) is 29.5 Å². The van der Waals surface area contributed by atoms with E-state index in [2.05, 4.69) is 159 Å². The standard InChI is InChI=1S/C16H16N2.C15H16N2O.C15H16N2/c1-2-6-13(7-3-1)15-9-5-4-8-14(15)12-16-17-10-11-18-16;1-18-14-7-6-11(10-15-16-8-9-17-15)12-4-2-3-5-13(12)14;1-11(15-16-9-10-17-15)13-8-4-6-12-5-2-3-7-14(12)13/h1-9H,10-12H2,(H,17,18);2-7H,8-10H2,1H3,(H,16,17);2-8,11H,9-10H2,1H3,(H,16,17). The first-order chi connectivity index (χ1) is 26.2. The van der Waals surface area contributed by atoms with Gasteiger partial charge in [-0.2, -0.15) is 0 Å². The average Bonchev–Trinajstić information content (AvgIpc) is 4.05. The lowest BCUT2D eigenvalue weighted by Crippen LogP contribution is -2.24. The summed E-state index contributed by atoms with van der Waals surface area (Å²) in [6.07, 6.45) is 1.76. The molecule has 3 aliphatic rings. The second-order valence-electron chi connectivity index (χ2n) is 13.3. The number of amidine groups is 3. The molecule has 0 saturated heterocycles. The summed E-state index contributed by atoms with van der Waals surface area (Å²) in [5.41, 5.74) is 6.55. The van der Waals surface area contributed by atoms with Crippen LogP contribution in [0.4, 0.5) is 0 Å². The summed E-state index contributed by atoms with van der Waals surface area (Å²) in [4.78, 5) is 13.5. The van der Waals surface area contributed by atoms with Gasteiger partial charge in [0.05, 0.1) is 26.7 Å². The van der Waals surface area contributed by atoms with Crippen molar-refractivity contribution < 1.29 is 4.74 Å². The van der Waals surface area contributed by atoms with Gasteiger partial charge in [0.2, 0.25) is 0 Å². The molecule has 0 bridgehead atoms. The van der Waals surface area contributed by atoms with Crippen molar-refractivity contribution in [2.75, 3.05) is 46.4 Å². The molecule has 6 aromatic rings. The Labute approximate surface area is 313 Å². The maximum Gasteiger partial charge on any atom is 0.126 e. The van der Waals surface area contributed by atoms with E-state index >= 15 is 0 Å². The second-order valence-corrected chi connectivity index (χ2v) is 13.3. The Balaban J connectivity index is 0.000000123. The van der Waals surface area contributed by atoms with E-state index in [-0.39, 0.29) is 0 Å². The molecule has 0 fully saturated rings. The Morgan fingerprint density at radius 3 is 1.85 bits per heavy atom. The molecule has 3 heterocycles. The minimum Gasteiger partial charge on any atom is -0.496 e. The van der Waals surface area contributed by atoms with Gasteiger partial charge in [-0.1, -0.05) is 134 Å². The molecular weight excluding hydrogens is 653 g/mol. The van der Waals surface area contributed by atoms with Crippen LogP contribution in [-0.4, -0.2) is 63.9 Å². The summed E-state index contributed by atoms with van der Waals surface area (Å²) in [5.74, 6) is 4.60. The molecule has 0 amide bonds. The van der Waals surface area contributed by atoms with Crippen LogP contribution >= 0.6 is 0 Å². The van der Waals surface area contributed by atoms with Gasteiger partial charge < -0.3 is 20.7 Å². The van der Waals surface area contributed by atoms with Crippen molar-refractivity contribution in [1.82, 2.24) is 16.0 Å². The molecule has 0 aliphatic carbocycles. The maximum absolute atomic E-state index is 5.41. The van der Waals surface area contributed by atoms with E-state index in [1.54, 1.807) is 7.11 Å². The molecule has 3 aliphatic heterocycles. The van der Waals surface area contributed by atoms with E-state index in [1.807, 2.05) is 12.1 Å². The van der Waals surface area contributed by atoms with E-state index in [9.17, 15) is 0 Å². The first-order valence-corrected chi connectivity index (χ1v) is 18.7. The third-order valence-electron chi connectivity index (χ3n) is 9.90. The SMILES string of the molecule is CC(C1=NCCN1)c1cccc2ccccc12.COc1ccc(CC2=NCCN2)c2ccccc12.c1ccc(-c2ccccc2CC2=NCCN2)cc1. The number of ether oxygens (including phenoxy) is 1. The van der Waals surface area contributed by atoms with E-state index in [1.165, 1.54) is 44.0 Å². The van der Waals surface area contributed by atoms with Gasteiger partial charge in [0.15, 0.2) is 0 Å². The van der Waals surface area contributed by atoms with E-state index in [0.717, 1.165) is 80.8 Å². The smallest absolute Gasteiger partial charge is 0.126 e. The highest BCUT2D eigenvalue weighted by molar-refractivity contribution is 5.97. The van der Waals surface area contributed by atoms with Crippen LogP contribution in [-0.2, 0) is 12.8 Å². The zero-order valence-electron chi connectivity index (χ0n) is 30.7. The Kier molecular flexibility index (Phi) is 11.7.